The van der Waals surface area contributed by atoms with Crippen molar-refractivity contribution < 1.29 is 13.6 Å². The Balaban J connectivity index is 1.79. The van der Waals surface area contributed by atoms with Crippen LogP contribution < -0.4 is 5.73 Å². The summed E-state index contributed by atoms with van der Waals surface area (Å²) in [7, 11) is 0. The van der Waals surface area contributed by atoms with Gasteiger partial charge in [-0.3, -0.25) is 9.36 Å². The molecular formula is C17H17FN4O2S. The van der Waals surface area contributed by atoms with E-state index in [-0.39, 0.29) is 12.2 Å². The van der Waals surface area contributed by atoms with E-state index in [2.05, 4.69) is 10.2 Å². The summed E-state index contributed by atoms with van der Waals surface area (Å²) >= 11 is 1.38. The molecule has 3 rings (SSSR count). The summed E-state index contributed by atoms with van der Waals surface area (Å²) < 4.78 is 21.0. The third-order valence-electron chi connectivity index (χ3n) is 3.60. The Morgan fingerprint density at radius 3 is 2.80 bits per heavy atom. The summed E-state index contributed by atoms with van der Waals surface area (Å²) in [6, 6.07) is 10.3. The lowest BCUT2D eigenvalue weighted by Gasteiger charge is -2.08. The summed E-state index contributed by atoms with van der Waals surface area (Å²) in [4.78, 5) is 11.1. The minimum atomic E-state index is -0.395. The fourth-order valence-corrected chi connectivity index (χ4v) is 3.26. The number of aryl methyl sites for hydroxylation is 1. The molecule has 0 fully saturated rings. The number of benzene rings is 1. The average molecular weight is 360 g/mol. The molecule has 0 saturated carbocycles. The van der Waals surface area contributed by atoms with Gasteiger partial charge in [-0.05, 0) is 23.8 Å². The zero-order chi connectivity index (χ0) is 17.6. The highest BCUT2D eigenvalue weighted by atomic mass is 32.2. The maximum Gasteiger partial charge on any atom is 0.217 e. The lowest BCUT2D eigenvalue weighted by molar-refractivity contribution is -0.118. The Morgan fingerprint density at radius 1 is 1.24 bits per heavy atom. The van der Waals surface area contributed by atoms with Crippen molar-refractivity contribution in [2.24, 2.45) is 5.73 Å². The molecule has 0 aliphatic heterocycles. The fourth-order valence-electron chi connectivity index (χ4n) is 2.32. The first kappa shape index (κ1) is 17.2. The van der Waals surface area contributed by atoms with Gasteiger partial charge in [-0.2, -0.15) is 0 Å². The largest absolute Gasteiger partial charge is 0.467 e. The Hall–Kier alpha value is -2.61. The number of hydrogen-bond donors (Lipinski definition) is 1. The van der Waals surface area contributed by atoms with Gasteiger partial charge in [0, 0.05) is 18.6 Å². The van der Waals surface area contributed by atoms with E-state index >= 15 is 0 Å². The third kappa shape index (κ3) is 4.48. The highest BCUT2D eigenvalue weighted by Crippen LogP contribution is 2.24. The summed E-state index contributed by atoms with van der Waals surface area (Å²) in [6.45, 7) is 0.438. The molecule has 0 aliphatic rings. The highest BCUT2D eigenvalue weighted by Gasteiger charge is 2.15. The van der Waals surface area contributed by atoms with E-state index in [0.717, 1.165) is 5.76 Å². The van der Waals surface area contributed by atoms with Crippen LogP contribution in [0.5, 0.6) is 0 Å². The number of rotatable bonds is 8. The van der Waals surface area contributed by atoms with Gasteiger partial charge in [-0.25, -0.2) is 4.39 Å². The number of thioether (sulfide) groups is 1. The molecule has 1 amide bonds. The molecule has 130 valence electrons. The van der Waals surface area contributed by atoms with Crippen LogP contribution in [-0.4, -0.2) is 20.7 Å². The number of carbonyl (C=O) groups is 1. The molecule has 2 N–H and O–H groups in total. The Labute approximate surface area is 148 Å². The van der Waals surface area contributed by atoms with Crippen LogP contribution in [0, 0.1) is 5.82 Å². The molecular weight excluding hydrogens is 343 g/mol. The van der Waals surface area contributed by atoms with Crippen LogP contribution in [0.15, 0.2) is 52.2 Å². The van der Waals surface area contributed by atoms with Crippen molar-refractivity contribution in [3.05, 3.63) is 65.6 Å². The van der Waals surface area contributed by atoms with Gasteiger partial charge in [0.15, 0.2) is 5.16 Å². The summed E-state index contributed by atoms with van der Waals surface area (Å²) in [6.07, 6.45) is 2.17. The summed E-state index contributed by atoms with van der Waals surface area (Å²) in [5.74, 6) is 1.17. The number of nitrogens with two attached hydrogens (primary N) is 1. The lowest BCUT2D eigenvalue weighted by Crippen LogP contribution is -2.14. The van der Waals surface area contributed by atoms with Gasteiger partial charge in [0.05, 0.1) is 12.8 Å². The van der Waals surface area contributed by atoms with Crippen LogP contribution in [0.1, 0.15) is 23.6 Å². The van der Waals surface area contributed by atoms with E-state index in [0.29, 0.717) is 35.3 Å². The molecule has 0 saturated heterocycles. The number of nitrogens with zero attached hydrogens (tertiary/aromatic N) is 3. The van der Waals surface area contributed by atoms with Crippen molar-refractivity contribution in [3.63, 3.8) is 0 Å². The normalized spacial score (nSPS) is 10.9. The number of amides is 1. The highest BCUT2D eigenvalue weighted by molar-refractivity contribution is 7.98. The Kier molecular flexibility index (Phi) is 5.49. The van der Waals surface area contributed by atoms with Crippen LogP contribution >= 0.6 is 11.8 Å². The number of aromatic nitrogens is 3. The second-order valence-electron chi connectivity index (χ2n) is 5.41. The van der Waals surface area contributed by atoms with Gasteiger partial charge in [0.1, 0.15) is 17.4 Å². The van der Waals surface area contributed by atoms with Crippen LogP contribution in [-0.2, 0) is 23.5 Å². The Morgan fingerprint density at radius 2 is 2.08 bits per heavy atom. The van der Waals surface area contributed by atoms with Gasteiger partial charge in [0.25, 0.3) is 0 Å². The minimum Gasteiger partial charge on any atom is -0.467 e. The first-order valence-corrected chi connectivity index (χ1v) is 8.71. The van der Waals surface area contributed by atoms with Crippen molar-refractivity contribution in [3.8, 4) is 0 Å². The third-order valence-corrected chi connectivity index (χ3v) is 4.61. The first-order valence-electron chi connectivity index (χ1n) is 7.72. The molecule has 3 aromatic rings. The van der Waals surface area contributed by atoms with Crippen LogP contribution in [0.4, 0.5) is 4.39 Å². The minimum absolute atomic E-state index is 0.189. The van der Waals surface area contributed by atoms with Gasteiger partial charge < -0.3 is 10.2 Å². The zero-order valence-electron chi connectivity index (χ0n) is 13.4. The van der Waals surface area contributed by atoms with E-state index in [1.807, 2.05) is 10.6 Å². The average Bonchev–Trinajstić information content (AvgIpc) is 3.23. The molecule has 0 atom stereocenters. The maximum atomic E-state index is 13.8. The molecule has 0 aliphatic carbocycles. The molecule has 0 radical (unpaired) electrons. The standard InChI is InChI=1S/C17H17FN4O2S/c18-14-6-2-1-4-12(14)11-25-17-21-20-16(8-7-15(19)23)22(17)10-13-5-3-9-24-13/h1-6,9H,7-8,10-11H2,(H2,19,23). The summed E-state index contributed by atoms with van der Waals surface area (Å²) in [5.41, 5.74) is 5.82. The number of primary amides is 1. The predicted octanol–water partition coefficient (Wildman–Crippen LogP) is 2.77. The van der Waals surface area contributed by atoms with E-state index in [1.165, 1.54) is 17.8 Å². The molecule has 0 spiro atoms. The monoisotopic (exact) mass is 360 g/mol. The van der Waals surface area contributed by atoms with Gasteiger partial charge in [0.2, 0.25) is 5.91 Å². The molecule has 2 heterocycles. The molecule has 2 aromatic heterocycles. The first-order chi connectivity index (χ1) is 12.1. The second kappa shape index (κ2) is 7.98. The number of carbonyl (C=O) groups excluding carboxylic acids is 1. The van der Waals surface area contributed by atoms with Crippen LogP contribution in [0.25, 0.3) is 0 Å². The number of furan rings is 1. The molecule has 1 aromatic carbocycles. The number of hydrogen-bond acceptors (Lipinski definition) is 5. The Bertz CT molecular complexity index is 848. The zero-order valence-corrected chi connectivity index (χ0v) is 14.2. The summed E-state index contributed by atoms with van der Waals surface area (Å²) in [5, 5.41) is 8.97. The van der Waals surface area contributed by atoms with E-state index < -0.39 is 5.91 Å². The van der Waals surface area contributed by atoms with Gasteiger partial charge in [-0.15, -0.1) is 10.2 Å². The van der Waals surface area contributed by atoms with Crippen LogP contribution in [0.3, 0.4) is 0 Å². The quantitative estimate of drug-likeness (QED) is 0.624. The van der Waals surface area contributed by atoms with Gasteiger partial charge >= 0.3 is 0 Å². The van der Waals surface area contributed by atoms with Gasteiger partial charge in [-0.1, -0.05) is 30.0 Å². The second-order valence-corrected chi connectivity index (χ2v) is 6.35. The van der Waals surface area contributed by atoms with Crippen molar-refractivity contribution in [1.82, 2.24) is 14.8 Å². The van der Waals surface area contributed by atoms with Crippen molar-refractivity contribution in [2.45, 2.75) is 30.3 Å². The fraction of sp³-hybridized carbons (Fsp3) is 0.235. The lowest BCUT2D eigenvalue weighted by atomic mass is 10.2. The maximum absolute atomic E-state index is 13.8. The van der Waals surface area contributed by atoms with Crippen molar-refractivity contribution in [1.29, 1.82) is 0 Å². The SMILES string of the molecule is NC(=O)CCc1nnc(SCc2ccccc2F)n1Cc1ccco1. The topological polar surface area (TPSA) is 86.9 Å². The van der Waals surface area contributed by atoms with Crippen molar-refractivity contribution in [2.75, 3.05) is 0 Å². The van der Waals surface area contributed by atoms with E-state index in [9.17, 15) is 9.18 Å². The van der Waals surface area contributed by atoms with E-state index in [1.54, 1.807) is 30.5 Å². The number of halogens is 1. The molecule has 6 nitrogen and oxygen atoms in total. The molecule has 0 bridgehead atoms. The van der Waals surface area contributed by atoms with E-state index in [4.69, 9.17) is 10.2 Å². The predicted molar refractivity (Wildman–Crippen MR) is 91.3 cm³/mol. The van der Waals surface area contributed by atoms with Crippen molar-refractivity contribution >= 4 is 17.7 Å². The molecule has 0 unspecified atom stereocenters. The molecule has 8 heteroatoms. The molecule has 25 heavy (non-hydrogen) atoms. The smallest absolute Gasteiger partial charge is 0.217 e. The van der Waals surface area contributed by atoms with Crippen LogP contribution in [0.2, 0.25) is 0 Å².